The Bertz CT molecular complexity index is 596. The third-order valence-electron chi connectivity index (χ3n) is 3.56. The maximum Gasteiger partial charge on any atom is 0.233 e. The van der Waals surface area contributed by atoms with E-state index in [2.05, 4.69) is 9.62 Å². The van der Waals surface area contributed by atoms with E-state index in [1.54, 1.807) is 30.3 Å². The third-order valence-corrected chi connectivity index (χ3v) is 4.87. The number of sulfonamides is 1. The van der Waals surface area contributed by atoms with Gasteiger partial charge in [-0.25, -0.2) is 13.1 Å². The molecule has 1 aliphatic rings. The minimum atomic E-state index is -3.45. The van der Waals surface area contributed by atoms with Gasteiger partial charge < -0.3 is 4.74 Å². The standard InChI is InChI=1S/C15H21ClN2O3S/c1-13(18-7-9-21-10-8-18)12-17-22(19,20)11-6-14-2-4-15(16)5-3-14/h2-6,11,13,17H,7-10,12H2,1H3/b11-6+. The summed E-state index contributed by atoms with van der Waals surface area (Å²) >= 11 is 5.79. The second-order valence-electron chi connectivity index (χ2n) is 5.25. The Balaban J connectivity index is 1.86. The molecule has 1 aliphatic heterocycles. The number of nitrogens with one attached hydrogen (secondary N) is 1. The summed E-state index contributed by atoms with van der Waals surface area (Å²) in [5.41, 5.74) is 0.788. The maximum absolute atomic E-state index is 12.0. The molecule has 0 spiro atoms. The summed E-state index contributed by atoms with van der Waals surface area (Å²) in [5.74, 6) is 0. The van der Waals surface area contributed by atoms with E-state index in [-0.39, 0.29) is 6.04 Å². The van der Waals surface area contributed by atoms with E-state index < -0.39 is 10.0 Å². The Hall–Kier alpha value is -0.920. The lowest BCUT2D eigenvalue weighted by atomic mass is 10.2. The molecule has 2 rings (SSSR count). The number of hydrogen-bond acceptors (Lipinski definition) is 4. The summed E-state index contributed by atoms with van der Waals surface area (Å²) in [6.07, 6.45) is 1.55. The Morgan fingerprint density at radius 3 is 2.59 bits per heavy atom. The van der Waals surface area contributed by atoms with Crippen LogP contribution < -0.4 is 4.72 Å². The van der Waals surface area contributed by atoms with Crippen LogP contribution in [0.2, 0.25) is 5.02 Å². The molecule has 1 aromatic carbocycles. The zero-order valence-electron chi connectivity index (χ0n) is 12.5. The Morgan fingerprint density at radius 2 is 1.95 bits per heavy atom. The van der Waals surface area contributed by atoms with E-state index in [4.69, 9.17) is 16.3 Å². The lowest BCUT2D eigenvalue weighted by molar-refractivity contribution is 0.0213. The molecule has 5 nitrogen and oxygen atoms in total. The Labute approximate surface area is 137 Å². The molecule has 1 N–H and O–H groups in total. The van der Waals surface area contributed by atoms with Crippen LogP contribution in [0.5, 0.6) is 0 Å². The van der Waals surface area contributed by atoms with Gasteiger partial charge in [-0.15, -0.1) is 0 Å². The van der Waals surface area contributed by atoms with Crippen molar-refractivity contribution >= 4 is 27.7 Å². The van der Waals surface area contributed by atoms with Crippen LogP contribution >= 0.6 is 11.6 Å². The minimum absolute atomic E-state index is 0.141. The summed E-state index contributed by atoms with van der Waals surface area (Å²) in [7, 11) is -3.45. The average Bonchev–Trinajstić information content (AvgIpc) is 2.53. The highest BCUT2D eigenvalue weighted by atomic mass is 35.5. The van der Waals surface area contributed by atoms with Gasteiger partial charge in [0.1, 0.15) is 0 Å². The maximum atomic E-state index is 12.0. The van der Waals surface area contributed by atoms with Crippen molar-refractivity contribution < 1.29 is 13.2 Å². The van der Waals surface area contributed by atoms with Crippen molar-refractivity contribution in [1.82, 2.24) is 9.62 Å². The van der Waals surface area contributed by atoms with Crippen LogP contribution in [0.25, 0.3) is 6.08 Å². The molecular formula is C15H21ClN2O3S. The van der Waals surface area contributed by atoms with E-state index in [9.17, 15) is 8.42 Å². The predicted octanol–water partition coefficient (Wildman–Crippen LogP) is 1.95. The first-order chi connectivity index (χ1) is 10.5. The summed E-state index contributed by atoms with van der Waals surface area (Å²) in [4.78, 5) is 2.22. The van der Waals surface area contributed by atoms with Crippen LogP contribution in [0.4, 0.5) is 0 Å². The monoisotopic (exact) mass is 344 g/mol. The van der Waals surface area contributed by atoms with Crippen molar-refractivity contribution in [3.63, 3.8) is 0 Å². The SMILES string of the molecule is CC(CNS(=O)(=O)/C=C/c1ccc(Cl)cc1)N1CCOCC1. The number of halogens is 1. The van der Waals surface area contributed by atoms with Gasteiger partial charge in [-0.05, 0) is 30.7 Å². The number of nitrogens with zero attached hydrogens (tertiary/aromatic N) is 1. The van der Waals surface area contributed by atoms with Gasteiger partial charge in [0.05, 0.1) is 13.2 Å². The van der Waals surface area contributed by atoms with Gasteiger partial charge in [-0.1, -0.05) is 23.7 Å². The van der Waals surface area contributed by atoms with Gasteiger partial charge in [0.2, 0.25) is 10.0 Å². The lowest BCUT2D eigenvalue weighted by Gasteiger charge is -2.32. The van der Waals surface area contributed by atoms with E-state index >= 15 is 0 Å². The molecule has 0 bridgehead atoms. The van der Waals surface area contributed by atoms with E-state index in [0.29, 0.717) is 24.8 Å². The second kappa shape index (κ2) is 8.08. The van der Waals surface area contributed by atoms with Gasteiger partial charge in [0.25, 0.3) is 0 Å². The fraction of sp³-hybridized carbons (Fsp3) is 0.467. The highest BCUT2D eigenvalue weighted by Crippen LogP contribution is 2.11. The minimum Gasteiger partial charge on any atom is -0.379 e. The van der Waals surface area contributed by atoms with Crippen LogP contribution in [0.3, 0.4) is 0 Å². The van der Waals surface area contributed by atoms with Gasteiger partial charge in [-0.2, -0.15) is 0 Å². The summed E-state index contributed by atoms with van der Waals surface area (Å²) in [5, 5.41) is 1.81. The summed E-state index contributed by atoms with van der Waals surface area (Å²) in [6, 6.07) is 7.13. The number of rotatable bonds is 6. The highest BCUT2D eigenvalue weighted by Gasteiger charge is 2.18. The first kappa shape index (κ1) is 17.4. The summed E-state index contributed by atoms with van der Waals surface area (Å²) < 4.78 is 31.9. The van der Waals surface area contributed by atoms with Crippen molar-refractivity contribution in [2.24, 2.45) is 0 Å². The zero-order chi connectivity index (χ0) is 16.0. The molecule has 0 aliphatic carbocycles. The number of benzene rings is 1. The molecule has 0 aromatic heterocycles. The van der Waals surface area contributed by atoms with Gasteiger partial charge in [0.15, 0.2) is 0 Å². The average molecular weight is 345 g/mol. The molecular weight excluding hydrogens is 324 g/mol. The molecule has 22 heavy (non-hydrogen) atoms. The number of morpholine rings is 1. The molecule has 1 atom stereocenters. The molecule has 1 fully saturated rings. The molecule has 0 saturated carbocycles. The van der Waals surface area contributed by atoms with Crippen molar-refractivity contribution in [1.29, 1.82) is 0 Å². The van der Waals surface area contributed by atoms with E-state index in [1.165, 1.54) is 5.41 Å². The predicted molar refractivity (Wildman–Crippen MR) is 89.3 cm³/mol. The Morgan fingerprint density at radius 1 is 1.32 bits per heavy atom. The smallest absolute Gasteiger partial charge is 0.233 e. The van der Waals surface area contributed by atoms with Crippen molar-refractivity contribution in [3.8, 4) is 0 Å². The molecule has 0 radical (unpaired) electrons. The lowest BCUT2D eigenvalue weighted by Crippen LogP contribution is -2.47. The van der Waals surface area contributed by atoms with Gasteiger partial charge >= 0.3 is 0 Å². The third kappa shape index (κ3) is 5.70. The zero-order valence-corrected chi connectivity index (χ0v) is 14.1. The van der Waals surface area contributed by atoms with E-state index in [1.807, 2.05) is 6.92 Å². The number of ether oxygens (including phenoxy) is 1. The van der Waals surface area contributed by atoms with Crippen LogP contribution in [0.15, 0.2) is 29.7 Å². The van der Waals surface area contributed by atoms with Crippen molar-refractivity contribution in [2.45, 2.75) is 13.0 Å². The number of hydrogen-bond donors (Lipinski definition) is 1. The fourth-order valence-electron chi connectivity index (χ4n) is 2.17. The van der Waals surface area contributed by atoms with E-state index in [0.717, 1.165) is 18.7 Å². The molecule has 1 heterocycles. The van der Waals surface area contributed by atoms with Gasteiger partial charge in [0, 0.05) is 36.1 Å². The Kier molecular flexibility index (Phi) is 6.40. The fourth-order valence-corrected chi connectivity index (χ4v) is 3.21. The molecule has 1 aromatic rings. The summed E-state index contributed by atoms with van der Waals surface area (Å²) in [6.45, 7) is 5.47. The highest BCUT2D eigenvalue weighted by molar-refractivity contribution is 7.92. The quantitative estimate of drug-likeness (QED) is 0.857. The molecule has 7 heteroatoms. The molecule has 122 valence electrons. The molecule has 0 amide bonds. The van der Waals surface area contributed by atoms with Crippen LogP contribution in [0.1, 0.15) is 12.5 Å². The van der Waals surface area contributed by atoms with Crippen LogP contribution in [-0.2, 0) is 14.8 Å². The molecule has 1 saturated heterocycles. The molecule has 1 unspecified atom stereocenters. The normalized spacial score (nSPS) is 18.6. The van der Waals surface area contributed by atoms with Gasteiger partial charge in [-0.3, -0.25) is 4.90 Å². The topological polar surface area (TPSA) is 58.6 Å². The first-order valence-corrected chi connectivity index (χ1v) is 9.14. The van der Waals surface area contributed by atoms with Crippen molar-refractivity contribution in [3.05, 3.63) is 40.3 Å². The largest absolute Gasteiger partial charge is 0.379 e. The van der Waals surface area contributed by atoms with Crippen LogP contribution in [-0.4, -0.2) is 52.2 Å². The van der Waals surface area contributed by atoms with Crippen molar-refractivity contribution in [2.75, 3.05) is 32.8 Å². The second-order valence-corrected chi connectivity index (χ2v) is 7.33. The first-order valence-electron chi connectivity index (χ1n) is 7.21. The van der Waals surface area contributed by atoms with Crippen LogP contribution in [0, 0.1) is 0 Å².